The number of rotatable bonds is 49. The van der Waals surface area contributed by atoms with E-state index in [1.165, 1.54) is 154 Å². The number of nitrogens with one attached hydrogen (secondary N) is 1. The lowest BCUT2D eigenvalue weighted by Crippen LogP contribution is -2.45. The molecule has 0 bridgehead atoms. The van der Waals surface area contributed by atoms with Gasteiger partial charge in [0.15, 0.2) is 0 Å². The quantitative estimate of drug-likeness (QED) is 0.0421. The van der Waals surface area contributed by atoms with Gasteiger partial charge in [0.1, 0.15) is 0 Å². The van der Waals surface area contributed by atoms with Crippen molar-refractivity contribution in [3.8, 4) is 0 Å². The van der Waals surface area contributed by atoms with Crippen molar-refractivity contribution in [1.82, 2.24) is 5.32 Å². The van der Waals surface area contributed by atoms with Crippen molar-refractivity contribution in [3.05, 3.63) is 97.2 Å². The van der Waals surface area contributed by atoms with Crippen molar-refractivity contribution in [1.29, 1.82) is 0 Å². The van der Waals surface area contributed by atoms with Gasteiger partial charge in [-0.3, -0.25) is 4.79 Å². The molecule has 0 rings (SSSR count). The molecular formula is C60H105NO3. The van der Waals surface area contributed by atoms with Crippen LogP contribution < -0.4 is 5.32 Å². The summed E-state index contributed by atoms with van der Waals surface area (Å²) in [5.74, 6) is -0.0846. The van der Waals surface area contributed by atoms with E-state index in [2.05, 4.69) is 104 Å². The van der Waals surface area contributed by atoms with Gasteiger partial charge in [-0.05, 0) is 83.5 Å². The molecule has 4 heteroatoms. The molecule has 0 saturated heterocycles. The number of unbranched alkanes of at least 4 members (excludes halogenated alkanes) is 28. The summed E-state index contributed by atoms with van der Waals surface area (Å²) in [5, 5.41) is 23.1. The van der Waals surface area contributed by atoms with Crippen LogP contribution in [0.3, 0.4) is 0 Å². The lowest BCUT2D eigenvalue weighted by atomic mass is 10.0. The fraction of sp³-hybridized carbons (Fsp3) is 0.717. The summed E-state index contributed by atoms with van der Waals surface area (Å²) < 4.78 is 0. The van der Waals surface area contributed by atoms with Gasteiger partial charge >= 0.3 is 0 Å². The maximum atomic E-state index is 12.5. The summed E-state index contributed by atoms with van der Waals surface area (Å²) in [4.78, 5) is 12.5. The van der Waals surface area contributed by atoms with Crippen LogP contribution >= 0.6 is 0 Å². The maximum absolute atomic E-state index is 12.5. The van der Waals surface area contributed by atoms with E-state index in [1.807, 2.05) is 6.08 Å². The Morgan fingerprint density at radius 1 is 0.391 bits per heavy atom. The first kappa shape index (κ1) is 61.3. The van der Waals surface area contributed by atoms with Crippen LogP contribution in [0, 0.1) is 0 Å². The zero-order valence-electron chi connectivity index (χ0n) is 42.3. The van der Waals surface area contributed by atoms with Crippen LogP contribution in [0.1, 0.15) is 258 Å². The van der Waals surface area contributed by atoms with E-state index >= 15 is 0 Å². The standard InChI is InChI=1S/C60H105NO3/c1-3-5-7-9-11-13-15-17-19-21-23-25-27-29-30-32-34-36-38-40-42-44-46-48-50-52-54-56-60(64)61-58(57-62)59(63)55-53-51-49-47-45-43-41-39-37-35-33-31-28-26-24-22-20-18-16-14-12-10-8-6-4-2/h5,7,11,13,17,19,23,25,29-30,34,36,45,47,53,55,58-59,62-63H,3-4,6,8-10,12,14-16,18,20-22,24,26-28,31-33,35,37-44,46,48-52,54,56-57H2,1-2H3,(H,61,64)/b7-5-,13-11-,19-17-,25-23-,30-29-,36-34-,47-45+,55-53+. The Bertz CT molecular complexity index is 1190. The SMILES string of the molecule is CC/C=C\C/C=C\C/C=C\C/C=C\C/C=C\C/C=C\CCCCCCCCCCC(=O)NC(CO)C(O)/C=C/CC/C=C/CCCCCCCCCCCCCCCCCCCCC. The molecule has 64 heavy (non-hydrogen) atoms. The Kier molecular flexibility index (Phi) is 52.3. The lowest BCUT2D eigenvalue weighted by Gasteiger charge is -2.19. The van der Waals surface area contributed by atoms with E-state index in [0.29, 0.717) is 6.42 Å². The molecule has 0 aliphatic carbocycles. The average Bonchev–Trinajstić information content (AvgIpc) is 3.30. The molecule has 368 valence electrons. The smallest absolute Gasteiger partial charge is 0.220 e. The minimum absolute atomic E-state index is 0.0846. The van der Waals surface area contributed by atoms with Crippen molar-refractivity contribution in [2.45, 2.75) is 270 Å². The van der Waals surface area contributed by atoms with Gasteiger partial charge in [-0.2, -0.15) is 0 Å². The van der Waals surface area contributed by atoms with Gasteiger partial charge in [0.25, 0.3) is 0 Å². The van der Waals surface area contributed by atoms with E-state index in [9.17, 15) is 15.0 Å². The molecule has 2 unspecified atom stereocenters. The third kappa shape index (κ3) is 50.3. The summed E-state index contributed by atoms with van der Waals surface area (Å²) in [6.45, 7) is 4.19. The van der Waals surface area contributed by atoms with Gasteiger partial charge in [0.2, 0.25) is 5.91 Å². The Morgan fingerprint density at radius 3 is 1.09 bits per heavy atom. The third-order valence-corrected chi connectivity index (χ3v) is 12.1. The van der Waals surface area contributed by atoms with E-state index in [0.717, 1.165) is 83.5 Å². The summed E-state index contributed by atoms with van der Waals surface area (Å²) in [6.07, 6.45) is 81.3. The molecule has 0 heterocycles. The molecule has 0 aromatic carbocycles. The van der Waals surface area contributed by atoms with E-state index in [-0.39, 0.29) is 12.5 Å². The normalized spacial score (nSPS) is 13.6. The number of aliphatic hydroxyl groups is 2. The molecule has 0 fully saturated rings. The molecule has 0 aliphatic heterocycles. The molecule has 0 aromatic heterocycles. The number of amides is 1. The highest BCUT2D eigenvalue weighted by Crippen LogP contribution is 2.16. The van der Waals surface area contributed by atoms with Gasteiger partial charge in [-0.1, -0.05) is 265 Å². The first-order valence-electron chi connectivity index (χ1n) is 27.5. The van der Waals surface area contributed by atoms with Crippen LogP contribution in [0.5, 0.6) is 0 Å². The van der Waals surface area contributed by atoms with Crippen LogP contribution in [0.2, 0.25) is 0 Å². The fourth-order valence-corrected chi connectivity index (χ4v) is 7.90. The lowest BCUT2D eigenvalue weighted by molar-refractivity contribution is -0.123. The largest absolute Gasteiger partial charge is 0.394 e. The third-order valence-electron chi connectivity index (χ3n) is 12.1. The van der Waals surface area contributed by atoms with Gasteiger partial charge < -0.3 is 15.5 Å². The molecule has 3 N–H and O–H groups in total. The first-order valence-corrected chi connectivity index (χ1v) is 27.5. The number of carbonyl (C=O) groups is 1. The van der Waals surface area contributed by atoms with E-state index < -0.39 is 12.1 Å². The second kappa shape index (κ2) is 54.6. The highest BCUT2D eigenvalue weighted by atomic mass is 16.3. The predicted octanol–water partition coefficient (Wildman–Crippen LogP) is 18.1. The summed E-state index contributed by atoms with van der Waals surface area (Å²) in [7, 11) is 0. The molecular weight excluding hydrogens is 783 g/mol. The van der Waals surface area contributed by atoms with Gasteiger partial charge in [-0.15, -0.1) is 0 Å². The van der Waals surface area contributed by atoms with Crippen LogP contribution in [0.4, 0.5) is 0 Å². The Balaban J connectivity index is 3.61. The van der Waals surface area contributed by atoms with Crippen LogP contribution in [0.25, 0.3) is 0 Å². The summed E-state index contributed by atoms with van der Waals surface area (Å²) in [5.41, 5.74) is 0. The Morgan fingerprint density at radius 2 is 0.703 bits per heavy atom. The molecule has 0 aliphatic rings. The summed E-state index contributed by atoms with van der Waals surface area (Å²) >= 11 is 0. The average molecular weight is 889 g/mol. The number of aliphatic hydroxyl groups excluding tert-OH is 2. The summed E-state index contributed by atoms with van der Waals surface area (Å²) in [6, 6.07) is -0.651. The second-order valence-corrected chi connectivity index (χ2v) is 18.3. The van der Waals surface area contributed by atoms with Crippen LogP contribution in [0.15, 0.2) is 97.2 Å². The van der Waals surface area contributed by atoms with Crippen LogP contribution in [-0.2, 0) is 4.79 Å². The second-order valence-electron chi connectivity index (χ2n) is 18.3. The highest BCUT2D eigenvalue weighted by molar-refractivity contribution is 5.76. The zero-order chi connectivity index (χ0) is 46.3. The van der Waals surface area contributed by atoms with E-state index in [1.54, 1.807) is 6.08 Å². The van der Waals surface area contributed by atoms with Gasteiger partial charge in [0.05, 0.1) is 18.8 Å². The molecule has 1 amide bonds. The van der Waals surface area contributed by atoms with Crippen molar-refractivity contribution >= 4 is 5.91 Å². The number of hydrogen-bond acceptors (Lipinski definition) is 3. The van der Waals surface area contributed by atoms with Gasteiger partial charge in [0, 0.05) is 6.42 Å². The molecule has 4 nitrogen and oxygen atoms in total. The Hall–Kier alpha value is -2.69. The molecule has 2 atom stereocenters. The Labute approximate surface area is 398 Å². The van der Waals surface area contributed by atoms with Gasteiger partial charge in [-0.25, -0.2) is 0 Å². The number of carbonyl (C=O) groups excluding carboxylic acids is 1. The zero-order valence-corrected chi connectivity index (χ0v) is 42.3. The van der Waals surface area contributed by atoms with Crippen molar-refractivity contribution in [3.63, 3.8) is 0 Å². The minimum Gasteiger partial charge on any atom is -0.394 e. The minimum atomic E-state index is -0.873. The van der Waals surface area contributed by atoms with Crippen molar-refractivity contribution < 1.29 is 15.0 Å². The maximum Gasteiger partial charge on any atom is 0.220 e. The highest BCUT2D eigenvalue weighted by Gasteiger charge is 2.17. The molecule has 0 saturated carbocycles. The monoisotopic (exact) mass is 888 g/mol. The van der Waals surface area contributed by atoms with E-state index in [4.69, 9.17) is 0 Å². The number of hydrogen-bond donors (Lipinski definition) is 3. The first-order chi connectivity index (χ1) is 31.7. The predicted molar refractivity (Wildman–Crippen MR) is 285 cm³/mol. The van der Waals surface area contributed by atoms with Crippen molar-refractivity contribution in [2.75, 3.05) is 6.61 Å². The molecule has 0 spiro atoms. The molecule has 0 aromatic rings. The number of allylic oxidation sites excluding steroid dienone is 15. The fourth-order valence-electron chi connectivity index (χ4n) is 7.90. The van der Waals surface area contributed by atoms with Crippen LogP contribution in [-0.4, -0.2) is 34.9 Å². The topological polar surface area (TPSA) is 69.6 Å². The molecule has 0 radical (unpaired) electrons. The van der Waals surface area contributed by atoms with Crippen molar-refractivity contribution in [2.24, 2.45) is 0 Å².